The molecule has 120 valence electrons. The minimum Gasteiger partial charge on any atom is -0.479 e. The Balaban J connectivity index is 2.18. The van der Waals surface area contributed by atoms with Crippen LogP contribution < -0.4 is 5.32 Å². The fraction of sp³-hybridized carbons (Fsp3) is 0.500. The molecule has 1 aliphatic rings. The second-order valence-electron chi connectivity index (χ2n) is 6.40. The number of hydrogen-bond acceptors (Lipinski definition) is 5. The number of aliphatic carboxylic acids is 1. The van der Waals surface area contributed by atoms with Crippen molar-refractivity contribution in [3.63, 3.8) is 0 Å². The molecule has 1 unspecified atom stereocenters. The molecule has 1 saturated heterocycles. The molecule has 0 spiro atoms. The Morgan fingerprint density at radius 3 is 2.64 bits per heavy atom. The second kappa shape index (κ2) is 5.96. The van der Waals surface area contributed by atoms with Crippen molar-refractivity contribution in [2.24, 2.45) is 0 Å². The van der Waals surface area contributed by atoms with Crippen molar-refractivity contribution in [2.75, 3.05) is 18.5 Å². The summed E-state index contributed by atoms with van der Waals surface area (Å²) in [6.07, 6.45) is 0.374. The Morgan fingerprint density at radius 2 is 2.09 bits per heavy atom. The van der Waals surface area contributed by atoms with Gasteiger partial charge in [0.2, 0.25) is 0 Å². The van der Waals surface area contributed by atoms with E-state index >= 15 is 0 Å². The molecule has 0 amide bonds. The van der Waals surface area contributed by atoms with Gasteiger partial charge in [0.25, 0.3) is 0 Å². The fourth-order valence-corrected chi connectivity index (χ4v) is 2.22. The molecule has 1 heterocycles. The first-order valence-electron chi connectivity index (χ1n) is 7.15. The number of ether oxygens (including phenoxy) is 2. The maximum atomic E-state index is 12.1. The number of benzene rings is 1. The molecule has 1 aromatic carbocycles. The molecule has 1 atom stereocenters. The summed E-state index contributed by atoms with van der Waals surface area (Å²) < 4.78 is 10.5. The summed E-state index contributed by atoms with van der Waals surface area (Å²) in [7, 11) is 0. The van der Waals surface area contributed by atoms with E-state index in [9.17, 15) is 14.7 Å². The summed E-state index contributed by atoms with van der Waals surface area (Å²) in [5, 5.41) is 12.4. The van der Waals surface area contributed by atoms with Crippen LogP contribution >= 0.6 is 0 Å². The molecule has 1 aromatic rings. The molecular weight excluding hydrogens is 286 g/mol. The first-order valence-corrected chi connectivity index (χ1v) is 7.15. The van der Waals surface area contributed by atoms with Crippen LogP contribution in [0.5, 0.6) is 0 Å². The minimum absolute atomic E-state index is 0.0962. The first-order chi connectivity index (χ1) is 10.2. The second-order valence-corrected chi connectivity index (χ2v) is 6.40. The highest BCUT2D eigenvalue weighted by molar-refractivity contribution is 5.91. The van der Waals surface area contributed by atoms with E-state index in [0.29, 0.717) is 24.3 Å². The van der Waals surface area contributed by atoms with Gasteiger partial charge in [0, 0.05) is 18.7 Å². The van der Waals surface area contributed by atoms with Gasteiger partial charge in [0.05, 0.1) is 12.2 Å². The average molecular weight is 307 g/mol. The Labute approximate surface area is 129 Å². The highest BCUT2D eigenvalue weighted by Crippen LogP contribution is 2.26. The van der Waals surface area contributed by atoms with Crippen LogP contribution in [0.15, 0.2) is 24.3 Å². The third kappa shape index (κ3) is 3.76. The first kappa shape index (κ1) is 16.3. The Hall–Kier alpha value is -2.08. The number of hydrogen-bond donors (Lipinski definition) is 2. The number of nitrogens with one attached hydrogen (secondary N) is 1. The van der Waals surface area contributed by atoms with E-state index in [-0.39, 0.29) is 6.61 Å². The van der Waals surface area contributed by atoms with Crippen LogP contribution in [0, 0.1) is 0 Å². The van der Waals surface area contributed by atoms with Crippen LogP contribution in [0.4, 0.5) is 5.69 Å². The van der Waals surface area contributed by atoms with E-state index in [2.05, 4.69) is 5.32 Å². The summed E-state index contributed by atoms with van der Waals surface area (Å²) in [6.45, 7) is 5.87. The molecule has 2 N–H and O–H groups in total. The Morgan fingerprint density at radius 1 is 1.36 bits per heavy atom. The summed E-state index contributed by atoms with van der Waals surface area (Å²) in [4.78, 5) is 23.6. The van der Waals surface area contributed by atoms with Crippen LogP contribution in [-0.2, 0) is 14.3 Å². The summed E-state index contributed by atoms with van der Waals surface area (Å²) >= 11 is 0. The lowest BCUT2D eigenvalue weighted by Gasteiger charge is -2.25. The van der Waals surface area contributed by atoms with E-state index in [1.165, 1.54) is 0 Å². The molecule has 6 heteroatoms. The topological polar surface area (TPSA) is 84.9 Å². The monoisotopic (exact) mass is 307 g/mol. The molecule has 6 nitrogen and oxygen atoms in total. The van der Waals surface area contributed by atoms with Crippen LogP contribution in [0.3, 0.4) is 0 Å². The fourth-order valence-electron chi connectivity index (χ4n) is 2.22. The van der Waals surface area contributed by atoms with Crippen molar-refractivity contribution in [3.8, 4) is 0 Å². The standard InChI is InChI=1S/C16H21NO5/c1-15(2,3)22-13(18)11-5-4-6-12(9-11)17-16(14(19)20)7-8-21-10-16/h4-6,9,17H,7-8,10H2,1-3H3,(H,19,20). The summed E-state index contributed by atoms with van der Waals surface area (Å²) in [6, 6.07) is 6.64. The maximum Gasteiger partial charge on any atom is 0.338 e. The van der Waals surface area contributed by atoms with Gasteiger partial charge in [-0.05, 0) is 39.0 Å². The minimum atomic E-state index is -1.15. The van der Waals surface area contributed by atoms with Gasteiger partial charge in [-0.15, -0.1) is 0 Å². The zero-order valence-electron chi connectivity index (χ0n) is 13.0. The number of carboxylic acid groups (broad SMARTS) is 1. The van der Waals surface area contributed by atoms with Crippen molar-refractivity contribution in [2.45, 2.75) is 38.3 Å². The quantitative estimate of drug-likeness (QED) is 0.830. The lowest BCUT2D eigenvalue weighted by atomic mass is 9.98. The molecule has 0 aromatic heterocycles. The van der Waals surface area contributed by atoms with E-state index in [1.54, 1.807) is 45.0 Å². The molecule has 22 heavy (non-hydrogen) atoms. The SMILES string of the molecule is CC(C)(C)OC(=O)c1cccc(NC2(C(=O)O)CCOC2)c1. The molecule has 2 rings (SSSR count). The zero-order chi connectivity index (χ0) is 16.4. The Bertz CT molecular complexity index is 570. The third-order valence-corrected chi connectivity index (χ3v) is 3.31. The summed E-state index contributed by atoms with van der Waals surface area (Å²) in [5.41, 5.74) is -0.801. The van der Waals surface area contributed by atoms with E-state index < -0.39 is 23.1 Å². The Kier molecular flexibility index (Phi) is 4.42. The van der Waals surface area contributed by atoms with E-state index in [1.807, 2.05) is 0 Å². The van der Waals surface area contributed by atoms with E-state index in [0.717, 1.165) is 0 Å². The number of rotatable bonds is 4. The predicted octanol–water partition coefficient (Wildman–Crippen LogP) is 2.30. The average Bonchev–Trinajstić information content (AvgIpc) is 2.87. The van der Waals surface area contributed by atoms with Crippen molar-refractivity contribution >= 4 is 17.6 Å². The van der Waals surface area contributed by atoms with Crippen LogP contribution in [0.25, 0.3) is 0 Å². The van der Waals surface area contributed by atoms with Gasteiger partial charge in [-0.2, -0.15) is 0 Å². The lowest BCUT2D eigenvalue weighted by Crippen LogP contribution is -2.47. The highest BCUT2D eigenvalue weighted by Gasteiger charge is 2.42. The molecule has 0 aliphatic carbocycles. The summed E-state index contributed by atoms with van der Waals surface area (Å²) in [5.74, 6) is -1.41. The molecule has 0 bridgehead atoms. The van der Waals surface area contributed by atoms with Gasteiger partial charge in [0.1, 0.15) is 5.60 Å². The van der Waals surface area contributed by atoms with Crippen molar-refractivity contribution < 1.29 is 24.2 Å². The normalized spacial score (nSPS) is 21.4. The zero-order valence-corrected chi connectivity index (χ0v) is 13.0. The van der Waals surface area contributed by atoms with Gasteiger partial charge in [-0.3, -0.25) is 0 Å². The molecular formula is C16H21NO5. The number of esters is 1. The number of anilines is 1. The van der Waals surface area contributed by atoms with Gasteiger partial charge >= 0.3 is 11.9 Å². The smallest absolute Gasteiger partial charge is 0.338 e. The predicted molar refractivity (Wildman–Crippen MR) is 81.0 cm³/mol. The van der Waals surface area contributed by atoms with Crippen LogP contribution in [-0.4, -0.2) is 41.4 Å². The van der Waals surface area contributed by atoms with Crippen molar-refractivity contribution in [3.05, 3.63) is 29.8 Å². The largest absolute Gasteiger partial charge is 0.479 e. The molecule has 1 aliphatic heterocycles. The van der Waals surface area contributed by atoms with E-state index in [4.69, 9.17) is 9.47 Å². The third-order valence-electron chi connectivity index (χ3n) is 3.31. The van der Waals surface area contributed by atoms with Crippen LogP contribution in [0.2, 0.25) is 0 Å². The van der Waals surface area contributed by atoms with Crippen molar-refractivity contribution in [1.82, 2.24) is 0 Å². The number of carbonyl (C=O) groups is 2. The van der Waals surface area contributed by atoms with Gasteiger partial charge in [-0.25, -0.2) is 9.59 Å². The highest BCUT2D eigenvalue weighted by atomic mass is 16.6. The molecule has 1 fully saturated rings. The number of carbonyl (C=O) groups excluding carboxylic acids is 1. The van der Waals surface area contributed by atoms with Gasteiger partial charge in [-0.1, -0.05) is 6.07 Å². The molecule has 0 radical (unpaired) electrons. The van der Waals surface area contributed by atoms with Crippen LogP contribution in [0.1, 0.15) is 37.6 Å². The lowest BCUT2D eigenvalue weighted by molar-refractivity contribution is -0.142. The van der Waals surface area contributed by atoms with Crippen molar-refractivity contribution in [1.29, 1.82) is 0 Å². The number of carboxylic acids is 1. The van der Waals surface area contributed by atoms with Gasteiger partial charge in [0.15, 0.2) is 5.54 Å². The molecule has 0 saturated carbocycles. The van der Waals surface area contributed by atoms with Gasteiger partial charge < -0.3 is 19.9 Å². The maximum absolute atomic E-state index is 12.1.